The highest BCUT2D eigenvalue weighted by Crippen LogP contribution is 2.31. The Morgan fingerprint density at radius 1 is 1.28 bits per heavy atom. The molecular weight excluding hydrogens is 333 g/mol. The van der Waals surface area contributed by atoms with Crippen molar-refractivity contribution in [3.05, 3.63) is 64.7 Å². The maximum absolute atomic E-state index is 12.7. The first-order chi connectivity index (χ1) is 11.7. The maximum Gasteiger partial charge on any atom is 0.416 e. The van der Waals surface area contributed by atoms with Crippen molar-refractivity contribution in [1.82, 2.24) is 0 Å². The Balaban J connectivity index is 2.19. The molecule has 0 amide bonds. The predicted octanol–water partition coefficient (Wildman–Crippen LogP) is 3.93. The number of carbonyl (C=O) groups is 1. The number of alkyl halides is 3. The molecule has 2 aromatic carbocycles. The summed E-state index contributed by atoms with van der Waals surface area (Å²) in [5.41, 5.74) is 0.247. The highest BCUT2D eigenvalue weighted by atomic mass is 19.4. The van der Waals surface area contributed by atoms with Gasteiger partial charge in [-0.2, -0.15) is 18.4 Å². The van der Waals surface area contributed by atoms with E-state index >= 15 is 0 Å². The van der Waals surface area contributed by atoms with Gasteiger partial charge in [0, 0.05) is 17.8 Å². The molecule has 0 spiro atoms. The van der Waals surface area contributed by atoms with Gasteiger partial charge in [-0.25, -0.2) is 0 Å². The Bertz CT molecular complexity index is 826. The van der Waals surface area contributed by atoms with E-state index < -0.39 is 17.8 Å². The van der Waals surface area contributed by atoms with Crippen molar-refractivity contribution in [2.45, 2.75) is 19.2 Å². The molecule has 2 rings (SSSR count). The van der Waals surface area contributed by atoms with Gasteiger partial charge in [0.05, 0.1) is 23.3 Å². The lowest BCUT2D eigenvalue weighted by molar-refractivity contribution is -0.137. The monoisotopic (exact) mass is 348 g/mol. The van der Waals surface area contributed by atoms with E-state index in [9.17, 15) is 23.1 Å². The van der Waals surface area contributed by atoms with Gasteiger partial charge < -0.3 is 10.4 Å². The molecule has 1 unspecified atom stereocenters. The maximum atomic E-state index is 12.7. The van der Waals surface area contributed by atoms with Crippen molar-refractivity contribution in [3.63, 3.8) is 0 Å². The first-order valence-electron chi connectivity index (χ1n) is 7.36. The molecule has 25 heavy (non-hydrogen) atoms. The van der Waals surface area contributed by atoms with Gasteiger partial charge in [-0.3, -0.25) is 4.79 Å². The van der Waals surface area contributed by atoms with Gasteiger partial charge in [0.15, 0.2) is 5.78 Å². The van der Waals surface area contributed by atoms with Crippen LogP contribution in [0.15, 0.2) is 42.5 Å². The highest BCUT2D eigenvalue weighted by molar-refractivity contribution is 5.99. The number of aliphatic hydroxyl groups excluding tert-OH is 1. The Labute approximate surface area is 142 Å². The topological polar surface area (TPSA) is 73.1 Å². The number of Topliss-reactive ketones (excluding diaryl/α,β-unsaturated/α-hetero) is 1. The molecule has 0 aliphatic heterocycles. The zero-order valence-electron chi connectivity index (χ0n) is 13.3. The molecule has 1 atom stereocenters. The lowest BCUT2D eigenvalue weighted by Crippen LogP contribution is -2.15. The van der Waals surface area contributed by atoms with E-state index in [2.05, 4.69) is 5.32 Å². The highest BCUT2D eigenvalue weighted by Gasteiger charge is 2.30. The number of nitriles is 1. The third-order valence-corrected chi connectivity index (χ3v) is 3.61. The molecule has 7 heteroatoms. The third-order valence-electron chi connectivity index (χ3n) is 3.61. The summed E-state index contributed by atoms with van der Waals surface area (Å²) in [6.07, 6.45) is -5.71. The van der Waals surface area contributed by atoms with Crippen molar-refractivity contribution in [2.75, 3.05) is 11.9 Å². The minimum Gasteiger partial charge on any atom is -0.387 e. The first kappa shape index (κ1) is 18.5. The number of benzene rings is 2. The van der Waals surface area contributed by atoms with Crippen LogP contribution >= 0.6 is 0 Å². The average Bonchev–Trinajstić information content (AvgIpc) is 2.58. The Kier molecular flexibility index (Phi) is 5.45. The fourth-order valence-corrected chi connectivity index (χ4v) is 2.31. The molecule has 4 nitrogen and oxygen atoms in total. The quantitative estimate of drug-likeness (QED) is 0.803. The van der Waals surface area contributed by atoms with Crippen molar-refractivity contribution < 1.29 is 23.1 Å². The van der Waals surface area contributed by atoms with E-state index in [4.69, 9.17) is 5.26 Å². The number of rotatable bonds is 5. The van der Waals surface area contributed by atoms with Gasteiger partial charge >= 0.3 is 6.18 Å². The third kappa shape index (κ3) is 4.58. The van der Waals surface area contributed by atoms with E-state index in [0.717, 1.165) is 12.1 Å². The van der Waals surface area contributed by atoms with Crippen molar-refractivity contribution in [2.24, 2.45) is 0 Å². The molecular formula is C18H15F3N2O2. The summed E-state index contributed by atoms with van der Waals surface area (Å²) in [5, 5.41) is 21.9. The smallest absolute Gasteiger partial charge is 0.387 e. The minimum atomic E-state index is -4.49. The number of aliphatic hydroxyl groups is 1. The summed E-state index contributed by atoms with van der Waals surface area (Å²) in [4.78, 5) is 11.6. The fraction of sp³-hybridized carbons (Fsp3) is 0.222. The number of carbonyl (C=O) groups excluding carboxylic acids is 1. The van der Waals surface area contributed by atoms with Crippen LogP contribution in [0.1, 0.15) is 40.1 Å². The lowest BCUT2D eigenvalue weighted by Gasteiger charge is -2.16. The molecule has 130 valence electrons. The fourth-order valence-electron chi connectivity index (χ4n) is 2.31. The Morgan fingerprint density at radius 2 is 2.00 bits per heavy atom. The largest absolute Gasteiger partial charge is 0.416 e. The number of nitrogens with zero attached hydrogens (tertiary/aromatic N) is 1. The number of anilines is 1. The van der Waals surface area contributed by atoms with Gasteiger partial charge in [-0.05, 0) is 42.8 Å². The molecule has 0 radical (unpaired) electrons. The number of halogens is 3. The Hall–Kier alpha value is -2.85. The second kappa shape index (κ2) is 7.36. The summed E-state index contributed by atoms with van der Waals surface area (Å²) in [6.45, 7) is 1.24. The summed E-state index contributed by atoms with van der Waals surface area (Å²) in [5.74, 6) is -0.236. The minimum absolute atomic E-state index is 0.100. The van der Waals surface area contributed by atoms with E-state index in [1.165, 1.54) is 37.3 Å². The molecule has 0 aliphatic carbocycles. The second-order valence-corrected chi connectivity index (χ2v) is 5.45. The van der Waals surface area contributed by atoms with Crippen LogP contribution in [0.4, 0.5) is 18.9 Å². The van der Waals surface area contributed by atoms with Crippen LogP contribution < -0.4 is 5.32 Å². The first-order valence-corrected chi connectivity index (χ1v) is 7.36. The molecule has 0 fully saturated rings. The van der Waals surface area contributed by atoms with Gasteiger partial charge in [0.25, 0.3) is 0 Å². The summed E-state index contributed by atoms with van der Waals surface area (Å²) in [6, 6.07) is 10.8. The molecule has 0 saturated carbocycles. The van der Waals surface area contributed by atoms with Crippen LogP contribution in [0.5, 0.6) is 0 Å². The summed E-state index contributed by atoms with van der Waals surface area (Å²) >= 11 is 0. The van der Waals surface area contributed by atoms with E-state index in [1.54, 1.807) is 0 Å². The molecule has 2 N–H and O–H groups in total. The predicted molar refractivity (Wildman–Crippen MR) is 86.1 cm³/mol. The van der Waals surface area contributed by atoms with Gasteiger partial charge in [-0.1, -0.05) is 12.1 Å². The molecule has 2 aromatic rings. The summed E-state index contributed by atoms with van der Waals surface area (Å²) in [7, 11) is 0. The average molecular weight is 348 g/mol. The van der Waals surface area contributed by atoms with Crippen molar-refractivity contribution in [3.8, 4) is 6.07 Å². The van der Waals surface area contributed by atoms with Gasteiger partial charge in [0.2, 0.25) is 0 Å². The van der Waals surface area contributed by atoms with Crippen molar-refractivity contribution in [1.29, 1.82) is 5.26 Å². The van der Waals surface area contributed by atoms with E-state index in [0.29, 0.717) is 16.8 Å². The standard InChI is InChI=1S/C18H15F3N2O2/c1-11(24)15-6-5-12(9-22)7-16(15)23-10-17(25)13-3-2-4-14(8-13)18(19,20)21/h2-8,17,23,25H,10H2,1H3. The zero-order chi connectivity index (χ0) is 18.6. The van der Waals surface area contributed by atoms with E-state index in [1.807, 2.05) is 6.07 Å². The molecule has 0 saturated heterocycles. The lowest BCUT2D eigenvalue weighted by atomic mass is 10.0. The van der Waals surface area contributed by atoms with Crippen LogP contribution in [0.2, 0.25) is 0 Å². The van der Waals surface area contributed by atoms with Gasteiger partial charge in [-0.15, -0.1) is 0 Å². The number of hydrogen-bond donors (Lipinski definition) is 2. The molecule has 0 aliphatic rings. The van der Waals surface area contributed by atoms with Crippen LogP contribution in [0, 0.1) is 11.3 Å². The number of nitrogens with one attached hydrogen (secondary N) is 1. The SMILES string of the molecule is CC(=O)c1ccc(C#N)cc1NCC(O)c1cccc(C(F)(F)F)c1. The Morgan fingerprint density at radius 3 is 2.60 bits per heavy atom. The summed E-state index contributed by atoms with van der Waals surface area (Å²) < 4.78 is 38.2. The molecule has 0 bridgehead atoms. The molecule has 0 heterocycles. The zero-order valence-corrected chi connectivity index (χ0v) is 13.3. The van der Waals surface area contributed by atoms with Gasteiger partial charge in [0.1, 0.15) is 0 Å². The number of ketones is 1. The second-order valence-electron chi connectivity index (χ2n) is 5.45. The van der Waals surface area contributed by atoms with E-state index in [-0.39, 0.29) is 17.9 Å². The van der Waals surface area contributed by atoms with Crippen LogP contribution in [-0.4, -0.2) is 17.4 Å². The van der Waals surface area contributed by atoms with Crippen LogP contribution in [0.25, 0.3) is 0 Å². The number of hydrogen-bond acceptors (Lipinski definition) is 4. The normalized spacial score (nSPS) is 12.3. The van der Waals surface area contributed by atoms with Crippen molar-refractivity contribution >= 4 is 11.5 Å². The van der Waals surface area contributed by atoms with Crippen LogP contribution in [-0.2, 0) is 6.18 Å². The molecule has 0 aromatic heterocycles. The van der Waals surface area contributed by atoms with Crippen LogP contribution in [0.3, 0.4) is 0 Å².